The standard InChI is InChI=1S/C26H33N5O4S/c1-19-4-6-21(7-5-19)36(34,35)31-15-14-29-24(33)22(31)16-23(32)30-26(10-13-28-18-25(26,2)3)17-20-8-11-27-12-9-20/h4-9,11-12,14-15,22,28H,10,13,16-18H2,1-3H3,(H,29,33)(H,30,32)/t22-,26+/m1/s1. The van der Waals surface area contributed by atoms with Crippen LogP contribution in [0.15, 0.2) is 66.1 Å². The maximum Gasteiger partial charge on any atom is 0.264 e. The third-order valence-electron chi connectivity index (χ3n) is 7.26. The fourth-order valence-electron chi connectivity index (χ4n) is 4.93. The van der Waals surface area contributed by atoms with Crippen molar-refractivity contribution in [1.82, 2.24) is 25.2 Å². The van der Waals surface area contributed by atoms with Crippen LogP contribution < -0.4 is 16.0 Å². The summed E-state index contributed by atoms with van der Waals surface area (Å²) in [5.74, 6) is -0.922. The van der Waals surface area contributed by atoms with E-state index in [0.29, 0.717) is 19.4 Å². The molecule has 0 radical (unpaired) electrons. The molecule has 2 amide bonds. The van der Waals surface area contributed by atoms with Gasteiger partial charge in [0.2, 0.25) is 11.8 Å². The zero-order valence-corrected chi connectivity index (χ0v) is 21.6. The number of sulfonamides is 1. The van der Waals surface area contributed by atoms with Gasteiger partial charge in [0.05, 0.1) is 16.9 Å². The second-order valence-corrected chi connectivity index (χ2v) is 12.0. The number of hydrogen-bond donors (Lipinski definition) is 3. The van der Waals surface area contributed by atoms with Crippen LogP contribution in [0.25, 0.3) is 0 Å². The second kappa shape index (κ2) is 10.0. The van der Waals surface area contributed by atoms with Crippen LogP contribution in [-0.2, 0) is 26.0 Å². The van der Waals surface area contributed by atoms with E-state index in [1.807, 2.05) is 19.1 Å². The molecule has 9 nitrogen and oxygen atoms in total. The molecule has 192 valence electrons. The van der Waals surface area contributed by atoms with Crippen molar-refractivity contribution in [1.29, 1.82) is 0 Å². The number of hydrogen-bond acceptors (Lipinski definition) is 6. The summed E-state index contributed by atoms with van der Waals surface area (Å²) in [7, 11) is -4.04. The minimum absolute atomic E-state index is 0.0616. The minimum atomic E-state index is -4.04. The Morgan fingerprint density at radius 3 is 2.53 bits per heavy atom. The lowest BCUT2D eigenvalue weighted by atomic mass is 9.65. The summed E-state index contributed by atoms with van der Waals surface area (Å²) in [5, 5.41) is 9.18. The number of pyridine rings is 1. The molecule has 10 heteroatoms. The molecule has 3 N–H and O–H groups in total. The van der Waals surface area contributed by atoms with Gasteiger partial charge in [-0.2, -0.15) is 0 Å². The minimum Gasteiger partial charge on any atom is -0.350 e. The topological polar surface area (TPSA) is 121 Å². The average Bonchev–Trinajstić information content (AvgIpc) is 2.83. The maximum absolute atomic E-state index is 13.5. The van der Waals surface area contributed by atoms with Gasteiger partial charge in [-0.05, 0) is 56.1 Å². The van der Waals surface area contributed by atoms with Crippen LogP contribution in [0.1, 0.15) is 37.8 Å². The van der Waals surface area contributed by atoms with Crippen molar-refractivity contribution >= 4 is 21.8 Å². The molecular formula is C26H33N5O4S. The highest BCUT2D eigenvalue weighted by atomic mass is 32.2. The van der Waals surface area contributed by atoms with Crippen molar-refractivity contribution in [3.05, 3.63) is 72.3 Å². The summed E-state index contributed by atoms with van der Waals surface area (Å²) in [6.45, 7) is 7.51. The van der Waals surface area contributed by atoms with E-state index < -0.39 is 27.5 Å². The van der Waals surface area contributed by atoms with Gasteiger partial charge in [0.1, 0.15) is 6.04 Å². The highest BCUT2D eigenvalue weighted by Crippen LogP contribution is 2.39. The van der Waals surface area contributed by atoms with Crippen molar-refractivity contribution in [3.63, 3.8) is 0 Å². The van der Waals surface area contributed by atoms with Gasteiger partial charge in [-0.3, -0.25) is 18.9 Å². The quantitative estimate of drug-likeness (QED) is 0.522. The Kier molecular flexibility index (Phi) is 7.19. The number of carbonyl (C=O) groups is 2. The largest absolute Gasteiger partial charge is 0.350 e. The highest BCUT2D eigenvalue weighted by molar-refractivity contribution is 7.89. The van der Waals surface area contributed by atoms with Crippen LogP contribution >= 0.6 is 0 Å². The first-order valence-corrected chi connectivity index (χ1v) is 13.5. The fourth-order valence-corrected chi connectivity index (χ4v) is 6.38. The Bertz CT molecular complexity index is 1240. The second-order valence-electron chi connectivity index (χ2n) is 10.2. The van der Waals surface area contributed by atoms with Crippen molar-refractivity contribution in [2.45, 2.75) is 56.5 Å². The molecule has 0 aliphatic carbocycles. The third-order valence-corrected chi connectivity index (χ3v) is 9.06. The number of rotatable bonds is 7. The number of amides is 2. The highest BCUT2D eigenvalue weighted by Gasteiger charge is 2.48. The van der Waals surface area contributed by atoms with E-state index in [0.717, 1.165) is 22.0 Å². The van der Waals surface area contributed by atoms with E-state index >= 15 is 0 Å². The van der Waals surface area contributed by atoms with E-state index in [4.69, 9.17) is 0 Å². The Hall–Kier alpha value is -3.24. The molecule has 36 heavy (non-hydrogen) atoms. The summed E-state index contributed by atoms with van der Waals surface area (Å²) >= 11 is 0. The smallest absolute Gasteiger partial charge is 0.264 e. The van der Waals surface area contributed by atoms with Gasteiger partial charge >= 0.3 is 0 Å². The molecule has 0 bridgehead atoms. The number of nitrogens with one attached hydrogen (secondary N) is 3. The van der Waals surface area contributed by atoms with Crippen molar-refractivity contribution < 1.29 is 18.0 Å². The number of benzene rings is 1. The first-order chi connectivity index (χ1) is 17.0. The first-order valence-electron chi connectivity index (χ1n) is 12.0. The zero-order chi connectivity index (χ0) is 26.0. The molecule has 2 aliphatic heterocycles. The van der Waals surface area contributed by atoms with Crippen LogP contribution in [-0.4, -0.2) is 54.2 Å². The molecule has 1 saturated heterocycles. The van der Waals surface area contributed by atoms with Crippen molar-refractivity contribution in [2.75, 3.05) is 13.1 Å². The predicted molar refractivity (Wildman–Crippen MR) is 136 cm³/mol. The van der Waals surface area contributed by atoms with Crippen molar-refractivity contribution in [2.24, 2.45) is 5.41 Å². The Labute approximate surface area is 212 Å². The summed E-state index contributed by atoms with van der Waals surface area (Å²) in [5.41, 5.74) is 1.08. The lowest BCUT2D eigenvalue weighted by molar-refractivity contribution is -0.131. The first kappa shape index (κ1) is 25.8. The number of nitrogens with zero attached hydrogens (tertiary/aromatic N) is 2. The molecule has 3 heterocycles. The van der Waals surface area contributed by atoms with Gasteiger partial charge < -0.3 is 16.0 Å². The summed E-state index contributed by atoms with van der Waals surface area (Å²) < 4.78 is 27.7. The van der Waals surface area contributed by atoms with E-state index in [1.54, 1.807) is 24.5 Å². The van der Waals surface area contributed by atoms with E-state index in [-0.39, 0.29) is 22.6 Å². The molecule has 4 rings (SSSR count). The van der Waals surface area contributed by atoms with E-state index in [2.05, 4.69) is 34.8 Å². The molecule has 2 atom stereocenters. The molecule has 0 saturated carbocycles. The van der Waals surface area contributed by atoms with Gasteiger partial charge in [-0.25, -0.2) is 8.42 Å². The van der Waals surface area contributed by atoms with Gasteiger partial charge in [0.15, 0.2) is 0 Å². The number of piperidine rings is 1. The van der Waals surface area contributed by atoms with Crippen LogP contribution in [0.3, 0.4) is 0 Å². The summed E-state index contributed by atoms with van der Waals surface area (Å²) in [6.07, 6.45) is 7.02. The van der Waals surface area contributed by atoms with E-state index in [1.165, 1.54) is 24.5 Å². The lowest BCUT2D eigenvalue weighted by Gasteiger charge is -2.51. The SMILES string of the molecule is Cc1ccc(S(=O)(=O)N2C=CNC(=O)[C@H]2CC(=O)N[C@]2(Cc3ccncc3)CCNCC2(C)C)cc1. The lowest BCUT2D eigenvalue weighted by Crippen LogP contribution is -2.66. The molecule has 0 spiro atoms. The fraction of sp³-hybridized carbons (Fsp3) is 0.423. The molecule has 2 aliphatic rings. The van der Waals surface area contributed by atoms with Gasteiger partial charge in [0, 0.05) is 36.8 Å². The maximum atomic E-state index is 13.5. The number of carbonyl (C=O) groups excluding carboxylic acids is 2. The molecule has 0 unspecified atom stereocenters. The molecular weight excluding hydrogens is 478 g/mol. The number of aromatic nitrogens is 1. The zero-order valence-electron chi connectivity index (χ0n) is 20.8. The number of aryl methyl sites for hydroxylation is 1. The predicted octanol–water partition coefficient (Wildman–Crippen LogP) is 1.86. The monoisotopic (exact) mass is 511 g/mol. The van der Waals surface area contributed by atoms with Gasteiger partial charge in [-0.15, -0.1) is 0 Å². The summed E-state index contributed by atoms with van der Waals surface area (Å²) in [4.78, 5) is 30.4. The molecule has 2 aromatic rings. The van der Waals surface area contributed by atoms with Crippen LogP contribution in [0.4, 0.5) is 0 Å². The normalized spacial score (nSPS) is 23.7. The summed E-state index contributed by atoms with van der Waals surface area (Å²) in [6, 6.07) is 9.06. The Morgan fingerprint density at radius 1 is 1.17 bits per heavy atom. The van der Waals surface area contributed by atoms with Gasteiger partial charge in [-0.1, -0.05) is 31.5 Å². The van der Waals surface area contributed by atoms with Crippen LogP contribution in [0.2, 0.25) is 0 Å². The van der Waals surface area contributed by atoms with Crippen LogP contribution in [0.5, 0.6) is 0 Å². The van der Waals surface area contributed by atoms with Crippen LogP contribution in [0, 0.1) is 12.3 Å². The van der Waals surface area contributed by atoms with Crippen molar-refractivity contribution in [3.8, 4) is 0 Å². The Morgan fingerprint density at radius 2 is 1.86 bits per heavy atom. The Balaban J connectivity index is 1.60. The molecule has 1 aromatic heterocycles. The van der Waals surface area contributed by atoms with E-state index in [9.17, 15) is 18.0 Å². The molecule has 1 fully saturated rings. The average molecular weight is 512 g/mol. The molecule has 1 aromatic carbocycles. The third kappa shape index (κ3) is 5.15. The van der Waals surface area contributed by atoms with Gasteiger partial charge in [0.25, 0.3) is 10.0 Å².